The van der Waals surface area contributed by atoms with E-state index in [1.54, 1.807) is 0 Å². The second-order valence-electron chi connectivity index (χ2n) is 8.93. The molecular formula is C25H33N3O4. The molecule has 0 spiro atoms. The molecule has 0 aromatic heterocycles. The lowest BCUT2D eigenvalue weighted by molar-refractivity contribution is -0.124. The fourth-order valence-corrected chi connectivity index (χ4v) is 4.73. The smallest absolute Gasteiger partial charge is 0.239 e. The van der Waals surface area contributed by atoms with Gasteiger partial charge >= 0.3 is 0 Å². The van der Waals surface area contributed by atoms with E-state index in [2.05, 4.69) is 9.80 Å². The summed E-state index contributed by atoms with van der Waals surface area (Å²) >= 11 is 0. The third kappa shape index (κ3) is 4.75. The Labute approximate surface area is 189 Å². The molecule has 7 heteroatoms. The number of hydrogen-bond donors (Lipinski definition) is 2. The predicted molar refractivity (Wildman–Crippen MR) is 123 cm³/mol. The van der Waals surface area contributed by atoms with Crippen LogP contribution in [0, 0.1) is 20.8 Å². The van der Waals surface area contributed by atoms with Crippen molar-refractivity contribution in [1.29, 1.82) is 0 Å². The Hall–Kier alpha value is -2.61. The molecule has 1 saturated heterocycles. The van der Waals surface area contributed by atoms with Crippen LogP contribution in [0.4, 0.5) is 0 Å². The van der Waals surface area contributed by atoms with E-state index in [-0.39, 0.29) is 5.91 Å². The average Bonchev–Trinajstić information content (AvgIpc) is 2.76. The number of carbonyl (C=O) groups excluding carboxylic acids is 1. The van der Waals surface area contributed by atoms with Crippen molar-refractivity contribution in [2.75, 3.05) is 39.3 Å². The largest absolute Gasteiger partial charge is 0.486 e. The van der Waals surface area contributed by atoms with Gasteiger partial charge in [0.2, 0.25) is 5.91 Å². The molecule has 2 aromatic rings. The normalized spacial score (nSPS) is 21.2. The van der Waals surface area contributed by atoms with Gasteiger partial charge in [-0.15, -0.1) is 0 Å². The Morgan fingerprint density at radius 1 is 1.09 bits per heavy atom. The first-order chi connectivity index (χ1) is 15.3. The molecule has 3 atom stereocenters. The van der Waals surface area contributed by atoms with Crippen LogP contribution in [0.25, 0.3) is 0 Å². The molecule has 1 amide bonds. The molecule has 2 aliphatic rings. The fourth-order valence-electron chi connectivity index (χ4n) is 4.73. The quantitative estimate of drug-likeness (QED) is 0.715. The van der Waals surface area contributed by atoms with E-state index in [9.17, 15) is 9.90 Å². The average molecular weight is 440 g/mol. The zero-order valence-corrected chi connectivity index (χ0v) is 19.1. The van der Waals surface area contributed by atoms with Gasteiger partial charge in [-0.05, 0) is 55.2 Å². The Morgan fingerprint density at radius 2 is 1.78 bits per heavy atom. The molecule has 3 unspecified atom stereocenters. The summed E-state index contributed by atoms with van der Waals surface area (Å²) in [7, 11) is 0. The minimum absolute atomic E-state index is 0.322. The highest BCUT2D eigenvalue weighted by Crippen LogP contribution is 2.33. The fraction of sp³-hybridized carbons (Fsp3) is 0.480. The van der Waals surface area contributed by atoms with Crippen LogP contribution >= 0.6 is 0 Å². The van der Waals surface area contributed by atoms with Gasteiger partial charge < -0.3 is 20.3 Å². The number of β-amino-alcohol motifs (C(OH)–C–C–N with tert-alkyl or cyclic N) is 1. The summed E-state index contributed by atoms with van der Waals surface area (Å²) < 4.78 is 11.8. The Bertz CT molecular complexity index is 951. The van der Waals surface area contributed by atoms with Crippen molar-refractivity contribution in [2.45, 2.75) is 39.0 Å². The van der Waals surface area contributed by atoms with Crippen molar-refractivity contribution in [3.8, 4) is 11.5 Å². The predicted octanol–water partition coefficient (Wildman–Crippen LogP) is 1.96. The molecule has 7 nitrogen and oxygen atoms in total. The summed E-state index contributed by atoms with van der Waals surface area (Å²) in [5.74, 6) is 1.08. The standard InChI is InChI=1S/C25H33N3O4/c1-16-7-8-20-21(13-16)31-15-22(32-20)19(29)14-27-9-11-28(12-10-27)24(25(26)30)23-17(2)5-4-6-18(23)3/h4-8,13,19,22,24,29H,9-12,14-15H2,1-3H3,(H2,26,30). The molecule has 2 aliphatic heterocycles. The number of rotatable bonds is 6. The number of aliphatic hydroxyl groups is 1. The van der Waals surface area contributed by atoms with E-state index in [4.69, 9.17) is 15.2 Å². The highest BCUT2D eigenvalue weighted by atomic mass is 16.6. The van der Waals surface area contributed by atoms with Crippen LogP contribution < -0.4 is 15.2 Å². The summed E-state index contributed by atoms with van der Waals surface area (Å²) in [5.41, 5.74) is 10.1. The number of hydrogen-bond acceptors (Lipinski definition) is 6. The van der Waals surface area contributed by atoms with Crippen molar-refractivity contribution in [3.63, 3.8) is 0 Å². The Balaban J connectivity index is 1.35. The van der Waals surface area contributed by atoms with Gasteiger partial charge in [-0.3, -0.25) is 14.6 Å². The number of primary amides is 1. The summed E-state index contributed by atoms with van der Waals surface area (Å²) in [6, 6.07) is 11.4. The second kappa shape index (κ2) is 9.48. The minimum atomic E-state index is -0.665. The molecule has 2 aromatic carbocycles. The lowest BCUT2D eigenvalue weighted by atomic mass is 9.94. The van der Waals surface area contributed by atoms with Crippen LogP contribution in [-0.4, -0.2) is 72.4 Å². The SMILES string of the molecule is Cc1ccc2c(c1)OCC(C(O)CN1CCN(C(C(N)=O)c3c(C)cccc3C)CC1)O2. The number of benzene rings is 2. The van der Waals surface area contributed by atoms with Crippen molar-refractivity contribution in [1.82, 2.24) is 9.80 Å². The number of nitrogens with two attached hydrogens (primary N) is 1. The van der Waals surface area contributed by atoms with Crippen molar-refractivity contribution in [2.24, 2.45) is 5.73 Å². The first-order valence-electron chi connectivity index (χ1n) is 11.2. The maximum atomic E-state index is 12.4. The number of aliphatic hydroxyl groups excluding tert-OH is 1. The van der Waals surface area contributed by atoms with E-state index < -0.39 is 18.2 Å². The molecule has 32 heavy (non-hydrogen) atoms. The topological polar surface area (TPSA) is 88.3 Å². The van der Waals surface area contributed by atoms with Crippen LogP contribution in [0.2, 0.25) is 0 Å². The van der Waals surface area contributed by atoms with E-state index in [1.165, 1.54) is 0 Å². The van der Waals surface area contributed by atoms with Crippen molar-refractivity contribution >= 4 is 5.91 Å². The number of piperazine rings is 1. The molecule has 0 bridgehead atoms. The molecule has 0 radical (unpaired) electrons. The van der Waals surface area contributed by atoms with E-state index in [1.807, 2.05) is 57.2 Å². The lowest BCUT2D eigenvalue weighted by Crippen LogP contribution is -2.54. The van der Waals surface area contributed by atoms with Gasteiger partial charge in [-0.25, -0.2) is 0 Å². The van der Waals surface area contributed by atoms with E-state index in [0.717, 1.165) is 41.1 Å². The monoisotopic (exact) mass is 439 g/mol. The Kier molecular flexibility index (Phi) is 6.69. The van der Waals surface area contributed by atoms with Crippen LogP contribution in [0.5, 0.6) is 11.5 Å². The molecule has 2 heterocycles. The highest BCUT2D eigenvalue weighted by molar-refractivity contribution is 5.82. The number of amides is 1. The molecule has 0 aliphatic carbocycles. The molecule has 1 fully saturated rings. The summed E-state index contributed by atoms with van der Waals surface area (Å²) in [5, 5.41) is 10.8. The first-order valence-corrected chi connectivity index (χ1v) is 11.2. The number of fused-ring (bicyclic) bond motifs is 1. The first kappa shape index (κ1) is 22.6. The number of carbonyl (C=O) groups is 1. The zero-order valence-electron chi connectivity index (χ0n) is 19.1. The zero-order chi connectivity index (χ0) is 22.8. The summed E-state index contributed by atoms with van der Waals surface area (Å²) in [6.45, 7) is 9.78. The van der Waals surface area contributed by atoms with Gasteiger partial charge in [-0.1, -0.05) is 24.3 Å². The van der Waals surface area contributed by atoms with Crippen LogP contribution in [0.1, 0.15) is 28.3 Å². The van der Waals surface area contributed by atoms with Crippen LogP contribution in [-0.2, 0) is 4.79 Å². The number of aryl methyl sites for hydroxylation is 3. The van der Waals surface area contributed by atoms with Crippen molar-refractivity contribution < 1.29 is 19.4 Å². The van der Waals surface area contributed by atoms with Gasteiger partial charge in [0.15, 0.2) is 17.6 Å². The maximum Gasteiger partial charge on any atom is 0.239 e. The molecular weight excluding hydrogens is 406 g/mol. The van der Waals surface area contributed by atoms with Gasteiger partial charge in [0, 0.05) is 32.7 Å². The lowest BCUT2D eigenvalue weighted by Gasteiger charge is -2.40. The van der Waals surface area contributed by atoms with Gasteiger partial charge in [0.25, 0.3) is 0 Å². The third-order valence-corrected chi connectivity index (χ3v) is 6.51. The highest BCUT2D eigenvalue weighted by Gasteiger charge is 2.33. The van der Waals surface area contributed by atoms with E-state index >= 15 is 0 Å². The minimum Gasteiger partial charge on any atom is -0.486 e. The summed E-state index contributed by atoms with van der Waals surface area (Å²) in [4.78, 5) is 16.7. The van der Waals surface area contributed by atoms with E-state index in [0.29, 0.717) is 32.0 Å². The number of ether oxygens (including phenoxy) is 2. The number of nitrogens with zero attached hydrogens (tertiary/aromatic N) is 2. The molecule has 4 rings (SSSR count). The maximum absolute atomic E-state index is 12.4. The molecule has 0 saturated carbocycles. The summed E-state index contributed by atoms with van der Waals surface area (Å²) in [6.07, 6.45) is -1.07. The van der Waals surface area contributed by atoms with Crippen LogP contribution in [0.3, 0.4) is 0 Å². The molecule has 172 valence electrons. The van der Waals surface area contributed by atoms with Gasteiger partial charge in [0.05, 0.1) is 0 Å². The Morgan fingerprint density at radius 3 is 2.44 bits per heavy atom. The molecule has 3 N–H and O–H groups in total. The van der Waals surface area contributed by atoms with Crippen LogP contribution in [0.15, 0.2) is 36.4 Å². The van der Waals surface area contributed by atoms with Crippen molar-refractivity contribution in [3.05, 3.63) is 58.7 Å². The van der Waals surface area contributed by atoms with Gasteiger partial charge in [-0.2, -0.15) is 0 Å². The van der Waals surface area contributed by atoms with Gasteiger partial charge in [0.1, 0.15) is 18.8 Å². The third-order valence-electron chi connectivity index (χ3n) is 6.51. The second-order valence-corrected chi connectivity index (χ2v) is 8.93.